The monoisotopic (exact) mass is 278 g/mol. The summed E-state index contributed by atoms with van der Waals surface area (Å²) in [7, 11) is 0. The van der Waals surface area contributed by atoms with Crippen molar-refractivity contribution in [2.24, 2.45) is 0 Å². The number of ether oxygens (including phenoxy) is 1. The molecule has 1 aliphatic rings. The van der Waals surface area contributed by atoms with Crippen LogP contribution in [-0.2, 0) is 4.74 Å². The third kappa shape index (κ3) is 3.42. The van der Waals surface area contributed by atoms with E-state index in [0.717, 1.165) is 24.9 Å². The maximum Gasteiger partial charge on any atom is 0.410 e. The van der Waals surface area contributed by atoms with E-state index in [2.05, 4.69) is 12.2 Å². The molecule has 1 fully saturated rings. The standard InChI is InChI=1S/C15H22N2O3/c1-2-3-10-20-15(19)17-9-8-16-11-13(17)12-6-4-5-7-14(12)18/h4-7,13,16,18H,2-3,8-11H2,1H3. The number of carbonyl (C=O) groups is 1. The Hall–Kier alpha value is -1.75. The minimum absolute atomic E-state index is 0.181. The van der Waals surface area contributed by atoms with Gasteiger partial charge in [0.25, 0.3) is 0 Å². The van der Waals surface area contributed by atoms with Crippen LogP contribution < -0.4 is 5.32 Å². The molecule has 2 N–H and O–H groups in total. The molecule has 5 heteroatoms. The molecule has 0 saturated carbocycles. The fraction of sp³-hybridized carbons (Fsp3) is 0.533. The SMILES string of the molecule is CCCCOC(=O)N1CCNCC1c1ccccc1O. The number of piperazine rings is 1. The highest BCUT2D eigenvalue weighted by Gasteiger charge is 2.30. The van der Waals surface area contributed by atoms with Crippen molar-refractivity contribution in [3.8, 4) is 5.75 Å². The highest BCUT2D eigenvalue weighted by Crippen LogP contribution is 2.29. The number of para-hydroxylation sites is 1. The molecule has 1 unspecified atom stereocenters. The Morgan fingerprint density at radius 1 is 1.50 bits per heavy atom. The van der Waals surface area contributed by atoms with Gasteiger partial charge in [-0.3, -0.25) is 4.90 Å². The van der Waals surface area contributed by atoms with Gasteiger partial charge >= 0.3 is 6.09 Å². The second-order valence-electron chi connectivity index (χ2n) is 4.94. The van der Waals surface area contributed by atoms with Gasteiger partial charge in [0.1, 0.15) is 5.75 Å². The van der Waals surface area contributed by atoms with E-state index >= 15 is 0 Å². The van der Waals surface area contributed by atoms with Crippen molar-refractivity contribution >= 4 is 6.09 Å². The number of aromatic hydroxyl groups is 1. The molecule has 0 aliphatic carbocycles. The molecule has 1 aromatic carbocycles. The Morgan fingerprint density at radius 2 is 2.30 bits per heavy atom. The zero-order valence-corrected chi connectivity index (χ0v) is 11.8. The first-order valence-corrected chi connectivity index (χ1v) is 7.16. The predicted molar refractivity (Wildman–Crippen MR) is 76.7 cm³/mol. The predicted octanol–water partition coefficient (Wildman–Crippen LogP) is 2.28. The summed E-state index contributed by atoms with van der Waals surface area (Å²) in [6.45, 7) is 4.47. The zero-order chi connectivity index (χ0) is 14.4. The molecule has 1 aliphatic heterocycles. The molecule has 1 amide bonds. The van der Waals surface area contributed by atoms with Crippen LogP contribution in [-0.4, -0.2) is 42.3 Å². The van der Waals surface area contributed by atoms with Crippen molar-refractivity contribution < 1.29 is 14.6 Å². The topological polar surface area (TPSA) is 61.8 Å². The summed E-state index contributed by atoms with van der Waals surface area (Å²) in [4.78, 5) is 13.9. The van der Waals surface area contributed by atoms with Crippen molar-refractivity contribution in [2.75, 3.05) is 26.2 Å². The molecule has 0 bridgehead atoms. The van der Waals surface area contributed by atoms with Gasteiger partial charge in [-0.2, -0.15) is 0 Å². The highest BCUT2D eigenvalue weighted by molar-refractivity contribution is 5.69. The molecule has 0 aromatic heterocycles. The molecular weight excluding hydrogens is 256 g/mol. The molecule has 0 spiro atoms. The molecule has 1 aromatic rings. The number of nitrogens with one attached hydrogen (secondary N) is 1. The molecule has 1 heterocycles. The van der Waals surface area contributed by atoms with Crippen LogP contribution in [0.15, 0.2) is 24.3 Å². The summed E-state index contributed by atoms with van der Waals surface area (Å²) < 4.78 is 5.29. The van der Waals surface area contributed by atoms with Gasteiger partial charge in [0.15, 0.2) is 0 Å². The lowest BCUT2D eigenvalue weighted by Gasteiger charge is -2.35. The molecule has 2 rings (SSSR count). The summed E-state index contributed by atoms with van der Waals surface area (Å²) >= 11 is 0. The van der Waals surface area contributed by atoms with Crippen molar-refractivity contribution in [2.45, 2.75) is 25.8 Å². The number of phenolic OH excluding ortho intramolecular Hbond substituents is 1. The third-order valence-corrected chi connectivity index (χ3v) is 3.50. The van der Waals surface area contributed by atoms with Crippen LogP contribution in [0.25, 0.3) is 0 Å². The van der Waals surface area contributed by atoms with E-state index in [4.69, 9.17) is 4.74 Å². The average Bonchev–Trinajstić information content (AvgIpc) is 2.48. The maximum atomic E-state index is 12.2. The van der Waals surface area contributed by atoms with Crippen molar-refractivity contribution in [1.82, 2.24) is 10.2 Å². The second kappa shape index (κ2) is 7.14. The van der Waals surface area contributed by atoms with Crippen molar-refractivity contribution in [1.29, 1.82) is 0 Å². The number of phenols is 1. The van der Waals surface area contributed by atoms with Gasteiger partial charge in [0.05, 0.1) is 12.6 Å². The quantitative estimate of drug-likeness (QED) is 0.829. The lowest BCUT2D eigenvalue weighted by atomic mass is 10.0. The van der Waals surface area contributed by atoms with Crippen molar-refractivity contribution in [3.63, 3.8) is 0 Å². The Morgan fingerprint density at radius 3 is 3.05 bits per heavy atom. The Kier molecular flexibility index (Phi) is 5.24. The minimum Gasteiger partial charge on any atom is -0.508 e. The van der Waals surface area contributed by atoms with Gasteiger partial charge < -0.3 is 15.2 Å². The first kappa shape index (κ1) is 14.7. The van der Waals surface area contributed by atoms with E-state index in [1.165, 1.54) is 0 Å². The average molecular weight is 278 g/mol. The summed E-state index contributed by atoms with van der Waals surface area (Å²) in [6, 6.07) is 6.95. The number of unbranched alkanes of at least 4 members (excludes halogenated alkanes) is 1. The summed E-state index contributed by atoms with van der Waals surface area (Å²) in [5.74, 6) is 0.215. The third-order valence-electron chi connectivity index (χ3n) is 3.50. The van der Waals surface area contributed by atoms with Crippen LogP contribution in [0.4, 0.5) is 4.79 Å². The highest BCUT2D eigenvalue weighted by atomic mass is 16.6. The number of amides is 1. The second-order valence-corrected chi connectivity index (χ2v) is 4.94. The summed E-state index contributed by atoms with van der Waals surface area (Å²) in [5.41, 5.74) is 0.757. The molecule has 5 nitrogen and oxygen atoms in total. The molecule has 0 radical (unpaired) electrons. The van der Waals surface area contributed by atoms with Crippen molar-refractivity contribution in [3.05, 3.63) is 29.8 Å². The van der Waals surface area contributed by atoms with Gasteiger partial charge in [-0.05, 0) is 12.5 Å². The maximum absolute atomic E-state index is 12.2. The fourth-order valence-electron chi connectivity index (χ4n) is 2.36. The molecular formula is C15H22N2O3. The van der Waals surface area contributed by atoms with E-state index in [-0.39, 0.29) is 17.9 Å². The van der Waals surface area contributed by atoms with E-state index in [0.29, 0.717) is 19.7 Å². The van der Waals surface area contributed by atoms with E-state index in [9.17, 15) is 9.90 Å². The summed E-state index contributed by atoms with van der Waals surface area (Å²) in [6.07, 6.45) is 1.57. The smallest absolute Gasteiger partial charge is 0.410 e. The number of benzene rings is 1. The van der Waals surface area contributed by atoms with Crippen LogP contribution in [0.3, 0.4) is 0 Å². The van der Waals surface area contributed by atoms with Crippen LogP contribution in [0.5, 0.6) is 5.75 Å². The zero-order valence-electron chi connectivity index (χ0n) is 11.8. The van der Waals surface area contributed by atoms with E-state index in [1.54, 1.807) is 17.0 Å². The van der Waals surface area contributed by atoms with Gasteiger partial charge in [-0.15, -0.1) is 0 Å². The number of hydrogen-bond acceptors (Lipinski definition) is 4. The van der Waals surface area contributed by atoms with Crippen LogP contribution >= 0.6 is 0 Å². The number of nitrogens with zero attached hydrogens (tertiary/aromatic N) is 1. The molecule has 20 heavy (non-hydrogen) atoms. The first-order valence-electron chi connectivity index (χ1n) is 7.16. The first-order chi connectivity index (χ1) is 9.74. The number of carbonyl (C=O) groups excluding carboxylic acids is 1. The fourth-order valence-corrected chi connectivity index (χ4v) is 2.36. The molecule has 110 valence electrons. The lowest BCUT2D eigenvalue weighted by Crippen LogP contribution is -2.48. The van der Waals surface area contributed by atoms with Gasteiger partial charge in [-0.1, -0.05) is 31.5 Å². The Bertz CT molecular complexity index is 450. The van der Waals surface area contributed by atoms with Crippen LogP contribution in [0.1, 0.15) is 31.4 Å². The molecule has 1 atom stereocenters. The number of rotatable bonds is 4. The molecule has 1 saturated heterocycles. The van der Waals surface area contributed by atoms with Crippen LogP contribution in [0.2, 0.25) is 0 Å². The largest absolute Gasteiger partial charge is 0.508 e. The van der Waals surface area contributed by atoms with Gasteiger partial charge in [-0.25, -0.2) is 4.79 Å². The van der Waals surface area contributed by atoms with Gasteiger partial charge in [0, 0.05) is 25.2 Å². The number of hydrogen-bond donors (Lipinski definition) is 2. The van der Waals surface area contributed by atoms with E-state index in [1.807, 2.05) is 12.1 Å². The van der Waals surface area contributed by atoms with E-state index < -0.39 is 0 Å². The van der Waals surface area contributed by atoms with Gasteiger partial charge in [0.2, 0.25) is 0 Å². The Labute approximate surface area is 119 Å². The lowest BCUT2D eigenvalue weighted by molar-refractivity contribution is 0.0758. The normalized spacial score (nSPS) is 18.9. The summed E-state index contributed by atoms with van der Waals surface area (Å²) in [5, 5.41) is 13.2. The minimum atomic E-state index is -0.298. The van der Waals surface area contributed by atoms with Crippen LogP contribution in [0, 0.1) is 0 Å². The Balaban J connectivity index is 2.09.